The average Bonchev–Trinajstić information content (AvgIpc) is 2.59. The van der Waals surface area contributed by atoms with Crippen molar-refractivity contribution in [2.24, 2.45) is 0 Å². The number of hydrogen-bond donors (Lipinski definition) is 2. The Balaban J connectivity index is 1.72. The molecule has 0 radical (unpaired) electrons. The zero-order valence-electron chi connectivity index (χ0n) is 13.3. The summed E-state index contributed by atoms with van der Waals surface area (Å²) in [5, 5.41) is 3.52. The molecular formula is C21H21NS. The molecule has 0 aliphatic heterocycles. The summed E-state index contributed by atoms with van der Waals surface area (Å²) < 4.78 is 0. The van der Waals surface area contributed by atoms with Crippen LogP contribution in [0, 0.1) is 6.92 Å². The fourth-order valence-electron chi connectivity index (χ4n) is 2.71. The van der Waals surface area contributed by atoms with Crippen LogP contribution in [0.25, 0.3) is 11.1 Å². The highest BCUT2D eigenvalue weighted by Crippen LogP contribution is 2.27. The van der Waals surface area contributed by atoms with Gasteiger partial charge in [-0.1, -0.05) is 60.7 Å². The molecule has 0 unspecified atom stereocenters. The molecule has 0 aliphatic rings. The summed E-state index contributed by atoms with van der Waals surface area (Å²) in [6.07, 6.45) is 1.01. The monoisotopic (exact) mass is 319 g/mol. The molecule has 3 aromatic rings. The standard InChI is InChI=1S/C21H21NS/c1-16-7-5-6-8-17(16)13-14-22-20-15-19(11-12-21(20)23)18-9-3-2-4-10-18/h2-12,15,22-23H,13-14H2,1H3. The minimum Gasteiger partial charge on any atom is -0.384 e. The fourth-order valence-corrected chi connectivity index (χ4v) is 2.93. The van der Waals surface area contributed by atoms with Crippen molar-refractivity contribution in [3.63, 3.8) is 0 Å². The highest BCUT2D eigenvalue weighted by molar-refractivity contribution is 7.80. The van der Waals surface area contributed by atoms with Crippen LogP contribution in [0.1, 0.15) is 11.1 Å². The molecular weight excluding hydrogens is 298 g/mol. The van der Waals surface area contributed by atoms with E-state index in [0.717, 1.165) is 23.5 Å². The van der Waals surface area contributed by atoms with Gasteiger partial charge in [-0.05, 0) is 47.7 Å². The zero-order valence-corrected chi connectivity index (χ0v) is 14.2. The highest BCUT2D eigenvalue weighted by Gasteiger charge is 2.03. The first-order valence-electron chi connectivity index (χ1n) is 7.91. The van der Waals surface area contributed by atoms with Crippen molar-refractivity contribution in [2.75, 3.05) is 11.9 Å². The first-order valence-corrected chi connectivity index (χ1v) is 8.35. The molecule has 0 aromatic heterocycles. The van der Waals surface area contributed by atoms with Crippen LogP contribution in [0.2, 0.25) is 0 Å². The van der Waals surface area contributed by atoms with Gasteiger partial charge in [0, 0.05) is 17.1 Å². The van der Waals surface area contributed by atoms with Crippen LogP contribution in [0.5, 0.6) is 0 Å². The van der Waals surface area contributed by atoms with Crippen molar-refractivity contribution in [3.8, 4) is 11.1 Å². The van der Waals surface area contributed by atoms with E-state index in [1.165, 1.54) is 22.3 Å². The van der Waals surface area contributed by atoms with Crippen LogP contribution in [0.15, 0.2) is 77.7 Å². The van der Waals surface area contributed by atoms with Crippen LogP contribution in [-0.4, -0.2) is 6.54 Å². The lowest BCUT2D eigenvalue weighted by molar-refractivity contribution is 1.000. The third kappa shape index (κ3) is 3.96. The van der Waals surface area contributed by atoms with Gasteiger partial charge < -0.3 is 5.32 Å². The second-order valence-corrected chi connectivity index (χ2v) is 6.18. The second kappa shape index (κ2) is 7.38. The molecule has 0 spiro atoms. The Morgan fingerprint density at radius 3 is 2.35 bits per heavy atom. The molecule has 1 N–H and O–H groups in total. The maximum atomic E-state index is 4.58. The molecule has 0 saturated heterocycles. The summed E-state index contributed by atoms with van der Waals surface area (Å²) in [6, 6.07) is 25.3. The Morgan fingerprint density at radius 1 is 0.826 bits per heavy atom. The van der Waals surface area contributed by atoms with Gasteiger partial charge in [0.05, 0.1) is 0 Å². The van der Waals surface area contributed by atoms with Crippen molar-refractivity contribution in [2.45, 2.75) is 18.2 Å². The number of thiol groups is 1. The molecule has 0 saturated carbocycles. The number of rotatable bonds is 5. The molecule has 0 heterocycles. The Morgan fingerprint density at radius 2 is 1.57 bits per heavy atom. The van der Waals surface area contributed by atoms with Crippen LogP contribution in [0.3, 0.4) is 0 Å². The van der Waals surface area contributed by atoms with E-state index in [-0.39, 0.29) is 0 Å². The Labute approximate surface area is 143 Å². The van der Waals surface area contributed by atoms with E-state index in [9.17, 15) is 0 Å². The van der Waals surface area contributed by atoms with Gasteiger partial charge >= 0.3 is 0 Å². The molecule has 3 rings (SSSR count). The molecule has 2 heteroatoms. The fraction of sp³-hybridized carbons (Fsp3) is 0.143. The number of anilines is 1. The lowest BCUT2D eigenvalue weighted by Crippen LogP contribution is -2.06. The van der Waals surface area contributed by atoms with Crippen molar-refractivity contribution in [3.05, 3.63) is 83.9 Å². The smallest absolute Gasteiger partial charge is 0.0482 e. The normalized spacial score (nSPS) is 10.5. The van der Waals surface area contributed by atoms with Gasteiger partial charge in [-0.25, -0.2) is 0 Å². The van der Waals surface area contributed by atoms with Gasteiger partial charge in [0.15, 0.2) is 0 Å². The Kier molecular flexibility index (Phi) is 5.04. The molecule has 0 aliphatic carbocycles. The molecule has 0 amide bonds. The van der Waals surface area contributed by atoms with E-state index >= 15 is 0 Å². The third-order valence-corrected chi connectivity index (χ3v) is 4.46. The summed E-state index contributed by atoms with van der Waals surface area (Å²) in [7, 11) is 0. The van der Waals surface area contributed by atoms with Crippen molar-refractivity contribution < 1.29 is 0 Å². The second-order valence-electron chi connectivity index (χ2n) is 5.70. The van der Waals surface area contributed by atoms with E-state index < -0.39 is 0 Å². The van der Waals surface area contributed by atoms with E-state index in [2.05, 4.69) is 91.6 Å². The largest absolute Gasteiger partial charge is 0.384 e. The number of aryl methyl sites for hydroxylation is 1. The van der Waals surface area contributed by atoms with Gasteiger partial charge in [-0.2, -0.15) is 0 Å². The first-order chi connectivity index (χ1) is 11.2. The van der Waals surface area contributed by atoms with E-state index in [1.807, 2.05) is 6.07 Å². The summed E-state index contributed by atoms with van der Waals surface area (Å²) >= 11 is 4.58. The minimum atomic E-state index is 0.899. The molecule has 0 fully saturated rings. The van der Waals surface area contributed by atoms with Gasteiger partial charge in [0.2, 0.25) is 0 Å². The van der Waals surface area contributed by atoms with Crippen LogP contribution in [0.4, 0.5) is 5.69 Å². The Hall–Kier alpha value is -2.19. The molecule has 23 heavy (non-hydrogen) atoms. The van der Waals surface area contributed by atoms with Crippen molar-refractivity contribution in [1.82, 2.24) is 0 Å². The summed E-state index contributed by atoms with van der Waals surface area (Å²) in [6.45, 7) is 3.06. The number of benzene rings is 3. The van der Waals surface area contributed by atoms with Crippen LogP contribution >= 0.6 is 12.6 Å². The van der Waals surface area contributed by atoms with Gasteiger partial charge in [-0.3, -0.25) is 0 Å². The average molecular weight is 319 g/mol. The lowest BCUT2D eigenvalue weighted by Gasteiger charge is -2.12. The Bertz CT molecular complexity index is 781. The first kappa shape index (κ1) is 15.7. The zero-order chi connectivity index (χ0) is 16.1. The van der Waals surface area contributed by atoms with E-state index in [4.69, 9.17) is 0 Å². The van der Waals surface area contributed by atoms with Gasteiger partial charge in [0.1, 0.15) is 0 Å². The molecule has 0 bridgehead atoms. The minimum absolute atomic E-state index is 0.899. The molecule has 3 aromatic carbocycles. The topological polar surface area (TPSA) is 12.0 Å². The quantitative estimate of drug-likeness (QED) is 0.583. The summed E-state index contributed by atoms with van der Waals surface area (Å²) in [5.74, 6) is 0. The summed E-state index contributed by atoms with van der Waals surface area (Å²) in [5.41, 5.74) is 6.26. The number of nitrogens with one attached hydrogen (secondary N) is 1. The van der Waals surface area contributed by atoms with Crippen molar-refractivity contribution >= 4 is 18.3 Å². The molecule has 1 nitrogen and oxygen atoms in total. The van der Waals surface area contributed by atoms with Crippen LogP contribution < -0.4 is 5.32 Å². The van der Waals surface area contributed by atoms with Crippen molar-refractivity contribution in [1.29, 1.82) is 0 Å². The SMILES string of the molecule is Cc1ccccc1CCNc1cc(-c2ccccc2)ccc1S. The third-order valence-electron chi connectivity index (χ3n) is 4.07. The van der Waals surface area contributed by atoms with Gasteiger partial charge in [-0.15, -0.1) is 12.6 Å². The molecule has 0 atom stereocenters. The number of hydrogen-bond acceptors (Lipinski definition) is 2. The van der Waals surface area contributed by atoms with E-state index in [1.54, 1.807) is 0 Å². The van der Waals surface area contributed by atoms with Gasteiger partial charge in [0.25, 0.3) is 0 Å². The highest BCUT2D eigenvalue weighted by atomic mass is 32.1. The predicted molar refractivity (Wildman–Crippen MR) is 103 cm³/mol. The summed E-state index contributed by atoms with van der Waals surface area (Å²) in [4.78, 5) is 0.981. The molecule has 116 valence electrons. The maximum Gasteiger partial charge on any atom is 0.0482 e. The maximum absolute atomic E-state index is 4.58. The predicted octanol–water partition coefficient (Wildman–Crippen LogP) is 5.61. The van der Waals surface area contributed by atoms with E-state index in [0.29, 0.717) is 0 Å². The van der Waals surface area contributed by atoms with Crippen LogP contribution in [-0.2, 0) is 6.42 Å². The lowest BCUT2D eigenvalue weighted by atomic mass is 10.0.